The standard InChI is InChI=1S/C31H36ClN7O2Si/c1-42(2,3)12-11-40-20-38-19-34-25-6-5-24(15-28(25)38)41-29-8-7-26-31(30(29)32)36-27(17-33-26)21-16-35-39(18-21)23-13-22(14-23)37-9-4-10-37/h5-8,15-19,22-23H,4,9-14,20H2,1-3H3. The van der Waals surface area contributed by atoms with Gasteiger partial charge in [0.1, 0.15) is 28.8 Å². The number of rotatable bonds is 10. The van der Waals surface area contributed by atoms with Gasteiger partial charge in [0.25, 0.3) is 0 Å². The number of halogens is 1. The fourth-order valence-electron chi connectivity index (χ4n) is 5.56. The van der Waals surface area contributed by atoms with E-state index in [0.717, 1.165) is 47.8 Å². The van der Waals surface area contributed by atoms with E-state index in [0.29, 0.717) is 46.4 Å². The highest BCUT2D eigenvalue weighted by molar-refractivity contribution is 6.76. The van der Waals surface area contributed by atoms with E-state index in [9.17, 15) is 0 Å². The summed E-state index contributed by atoms with van der Waals surface area (Å²) in [5.74, 6) is 1.18. The fraction of sp³-hybridized carbons (Fsp3) is 0.419. The van der Waals surface area contributed by atoms with Crippen molar-refractivity contribution in [3.8, 4) is 22.8 Å². The van der Waals surface area contributed by atoms with Crippen molar-refractivity contribution in [2.24, 2.45) is 0 Å². The molecule has 0 atom stereocenters. The van der Waals surface area contributed by atoms with Crippen LogP contribution in [0, 0.1) is 0 Å². The summed E-state index contributed by atoms with van der Waals surface area (Å²) < 4.78 is 16.3. The molecule has 0 spiro atoms. The Morgan fingerprint density at radius 3 is 2.62 bits per heavy atom. The van der Waals surface area contributed by atoms with Crippen LogP contribution in [0.4, 0.5) is 0 Å². The molecule has 4 heterocycles. The third-order valence-corrected chi connectivity index (χ3v) is 10.5. The number of ether oxygens (including phenoxy) is 2. The number of imidazole rings is 1. The van der Waals surface area contributed by atoms with Gasteiger partial charge >= 0.3 is 0 Å². The van der Waals surface area contributed by atoms with Crippen LogP contribution in [-0.2, 0) is 11.5 Å². The van der Waals surface area contributed by atoms with Gasteiger partial charge in [-0.3, -0.25) is 9.67 Å². The van der Waals surface area contributed by atoms with Gasteiger partial charge in [0.05, 0.1) is 47.0 Å². The van der Waals surface area contributed by atoms with E-state index in [1.54, 1.807) is 12.5 Å². The average molecular weight is 602 g/mol. The SMILES string of the molecule is C[Si](C)(C)CCOCn1cnc2ccc(Oc3ccc4ncc(-c5cnn(C6CC(N7CCC7)C6)c5)nc4c3Cl)cc21. The Hall–Kier alpha value is -3.31. The van der Waals surface area contributed by atoms with E-state index in [2.05, 4.69) is 50.5 Å². The predicted molar refractivity (Wildman–Crippen MR) is 168 cm³/mol. The lowest BCUT2D eigenvalue weighted by Crippen LogP contribution is -2.51. The molecule has 1 saturated carbocycles. The zero-order valence-electron chi connectivity index (χ0n) is 24.3. The molecule has 2 aliphatic rings. The summed E-state index contributed by atoms with van der Waals surface area (Å²) in [5, 5.41) is 5.07. The highest BCUT2D eigenvalue weighted by Gasteiger charge is 2.37. The summed E-state index contributed by atoms with van der Waals surface area (Å²) in [7, 11) is -1.14. The Morgan fingerprint density at radius 1 is 1.00 bits per heavy atom. The fourth-order valence-corrected chi connectivity index (χ4v) is 6.56. The van der Waals surface area contributed by atoms with Crippen molar-refractivity contribution in [1.29, 1.82) is 0 Å². The van der Waals surface area contributed by atoms with Crippen molar-refractivity contribution in [1.82, 2.24) is 34.2 Å². The first-order valence-electron chi connectivity index (χ1n) is 14.7. The molecule has 218 valence electrons. The summed E-state index contributed by atoms with van der Waals surface area (Å²) in [6, 6.07) is 11.8. The van der Waals surface area contributed by atoms with Crippen LogP contribution < -0.4 is 4.74 Å². The maximum atomic E-state index is 6.87. The van der Waals surface area contributed by atoms with Gasteiger partial charge in [-0.1, -0.05) is 31.2 Å². The molecular formula is C31H36ClN7O2Si. The van der Waals surface area contributed by atoms with E-state index >= 15 is 0 Å². The van der Waals surface area contributed by atoms with Crippen molar-refractivity contribution in [3.05, 3.63) is 60.3 Å². The third kappa shape index (κ3) is 5.56. The Bertz CT molecular complexity index is 1740. The summed E-state index contributed by atoms with van der Waals surface area (Å²) >= 11 is 6.87. The van der Waals surface area contributed by atoms with Crippen LogP contribution in [0.1, 0.15) is 25.3 Å². The molecule has 0 radical (unpaired) electrons. The summed E-state index contributed by atoms with van der Waals surface area (Å²) in [5.41, 5.74) is 4.82. The predicted octanol–water partition coefficient (Wildman–Crippen LogP) is 7.01. The second-order valence-corrected chi connectivity index (χ2v) is 18.7. The Labute approximate surface area is 251 Å². The van der Waals surface area contributed by atoms with Gasteiger partial charge < -0.3 is 18.9 Å². The molecule has 42 heavy (non-hydrogen) atoms. The van der Waals surface area contributed by atoms with Gasteiger partial charge in [-0.05, 0) is 62.7 Å². The summed E-state index contributed by atoms with van der Waals surface area (Å²) in [6.07, 6.45) is 11.2. The van der Waals surface area contributed by atoms with Crippen molar-refractivity contribution in [2.75, 3.05) is 19.7 Å². The lowest BCUT2D eigenvalue weighted by Gasteiger charge is -2.47. The Balaban J connectivity index is 1.07. The lowest BCUT2D eigenvalue weighted by atomic mass is 9.84. The second-order valence-electron chi connectivity index (χ2n) is 12.7. The van der Waals surface area contributed by atoms with Gasteiger partial charge in [-0.25, -0.2) is 9.97 Å². The van der Waals surface area contributed by atoms with Crippen LogP contribution in [0.3, 0.4) is 0 Å². The van der Waals surface area contributed by atoms with Crippen LogP contribution in [0.2, 0.25) is 30.7 Å². The van der Waals surface area contributed by atoms with Crippen LogP contribution in [0.25, 0.3) is 33.3 Å². The maximum Gasteiger partial charge on any atom is 0.148 e. The van der Waals surface area contributed by atoms with E-state index in [-0.39, 0.29) is 0 Å². The first-order valence-corrected chi connectivity index (χ1v) is 18.8. The molecule has 2 aromatic carbocycles. The third-order valence-electron chi connectivity index (χ3n) is 8.43. The van der Waals surface area contributed by atoms with Gasteiger partial charge in [0.15, 0.2) is 0 Å². The minimum absolute atomic E-state index is 0.425. The quantitative estimate of drug-likeness (QED) is 0.126. The minimum Gasteiger partial charge on any atom is -0.456 e. The highest BCUT2D eigenvalue weighted by atomic mass is 35.5. The summed E-state index contributed by atoms with van der Waals surface area (Å²) in [4.78, 5) is 16.6. The second kappa shape index (κ2) is 11.1. The van der Waals surface area contributed by atoms with Gasteiger partial charge in [-0.2, -0.15) is 5.10 Å². The van der Waals surface area contributed by atoms with E-state index in [1.165, 1.54) is 19.5 Å². The number of fused-ring (bicyclic) bond motifs is 2. The number of benzene rings is 2. The van der Waals surface area contributed by atoms with Crippen LogP contribution in [-0.4, -0.2) is 68.0 Å². The minimum atomic E-state index is -1.14. The zero-order chi connectivity index (χ0) is 28.8. The Kier molecular flexibility index (Phi) is 7.25. The first kappa shape index (κ1) is 27.5. The molecule has 9 nitrogen and oxygen atoms in total. The molecule has 3 aromatic heterocycles. The largest absolute Gasteiger partial charge is 0.456 e. The Morgan fingerprint density at radius 2 is 1.83 bits per heavy atom. The smallest absolute Gasteiger partial charge is 0.148 e. The van der Waals surface area contributed by atoms with Crippen LogP contribution in [0.5, 0.6) is 11.5 Å². The number of nitrogens with zero attached hydrogens (tertiary/aromatic N) is 7. The highest BCUT2D eigenvalue weighted by Crippen LogP contribution is 2.39. The normalized spacial score (nSPS) is 19.2. The van der Waals surface area contributed by atoms with Crippen molar-refractivity contribution in [3.63, 3.8) is 0 Å². The molecule has 1 saturated heterocycles. The molecule has 0 N–H and O–H groups in total. The van der Waals surface area contributed by atoms with E-state index in [1.807, 2.05) is 41.1 Å². The van der Waals surface area contributed by atoms with Crippen molar-refractivity contribution in [2.45, 2.75) is 63.8 Å². The number of hydrogen-bond donors (Lipinski definition) is 0. The molecule has 7 rings (SSSR count). The summed E-state index contributed by atoms with van der Waals surface area (Å²) in [6.45, 7) is 10.7. The van der Waals surface area contributed by atoms with Crippen LogP contribution >= 0.6 is 11.6 Å². The first-order chi connectivity index (χ1) is 20.3. The van der Waals surface area contributed by atoms with Crippen molar-refractivity contribution < 1.29 is 9.47 Å². The van der Waals surface area contributed by atoms with E-state index < -0.39 is 8.07 Å². The molecule has 0 amide bonds. The molecule has 0 bridgehead atoms. The molecule has 1 aliphatic heterocycles. The number of likely N-dealkylation sites (tertiary alicyclic amines) is 1. The average Bonchev–Trinajstić information content (AvgIpc) is 3.56. The molecule has 5 aromatic rings. The van der Waals surface area contributed by atoms with Crippen LogP contribution in [0.15, 0.2) is 55.2 Å². The molecule has 1 aliphatic carbocycles. The number of hydrogen-bond acceptors (Lipinski definition) is 7. The van der Waals surface area contributed by atoms with Crippen molar-refractivity contribution >= 4 is 41.7 Å². The topological polar surface area (TPSA) is 83.1 Å². The molecule has 2 fully saturated rings. The van der Waals surface area contributed by atoms with Gasteiger partial charge in [-0.15, -0.1) is 0 Å². The monoisotopic (exact) mass is 601 g/mol. The van der Waals surface area contributed by atoms with Gasteiger partial charge in [0.2, 0.25) is 0 Å². The molecule has 11 heteroatoms. The number of aromatic nitrogens is 6. The molecule has 0 unspecified atom stereocenters. The van der Waals surface area contributed by atoms with Gasteiger partial charge in [0, 0.05) is 38.5 Å². The lowest BCUT2D eigenvalue weighted by molar-refractivity contribution is 0.0322. The van der Waals surface area contributed by atoms with E-state index in [4.69, 9.17) is 26.1 Å². The zero-order valence-corrected chi connectivity index (χ0v) is 26.1. The molecular weight excluding hydrogens is 566 g/mol. The maximum absolute atomic E-state index is 6.87.